The molecular formula is C13H15F3NOP. The van der Waals surface area contributed by atoms with E-state index in [2.05, 4.69) is 14.2 Å². The summed E-state index contributed by atoms with van der Waals surface area (Å²) in [6.45, 7) is 2.49. The zero-order valence-electron chi connectivity index (χ0n) is 10.5. The first-order valence-electron chi connectivity index (χ1n) is 6.09. The maximum Gasteiger partial charge on any atom is 0.416 e. The minimum Gasteiger partial charge on any atom is -0.475 e. The molecule has 0 saturated heterocycles. The molecule has 0 aromatic heterocycles. The molecule has 104 valence electrons. The van der Waals surface area contributed by atoms with Crippen LogP contribution in [-0.4, -0.2) is 18.5 Å². The fourth-order valence-corrected chi connectivity index (χ4v) is 2.26. The lowest BCUT2D eigenvalue weighted by atomic mass is 10.1. The summed E-state index contributed by atoms with van der Waals surface area (Å²) < 4.78 is 43.5. The lowest BCUT2D eigenvalue weighted by Crippen LogP contribution is -2.15. The Bertz CT molecular complexity index is 499. The number of nitrogens with zero attached hydrogens (tertiary/aromatic N) is 1. The van der Waals surface area contributed by atoms with Gasteiger partial charge in [-0.3, -0.25) is 0 Å². The van der Waals surface area contributed by atoms with Gasteiger partial charge >= 0.3 is 6.18 Å². The third kappa shape index (κ3) is 3.27. The summed E-state index contributed by atoms with van der Waals surface area (Å²) in [7, 11) is 2.42. The zero-order valence-corrected chi connectivity index (χ0v) is 11.7. The van der Waals surface area contributed by atoms with E-state index in [1.165, 1.54) is 6.07 Å². The molecule has 2 rings (SSSR count). The lowest BCUT2D eigenvalue weighted by Gasteiger charge is -2.10. The molecule has 0 N–H and O–H groups in total. The summed E-state index contributed by atoms with van der Waals surface area (Å²) in [4.78, 5) is 4.35. The topological polar surface area (TPSA) is 21.6 Å². The molecule has 1 heterocycles. The highest BCUT2D eigenvalue weighted by atomic mass is 31.0. The zero-order chi connectivity index (χ0) is 14.0. The number of hydrogen-bond acceptors (Lipinski definition) is 2. The number of aliphatic imine (C=N–C) groups is 1. The second-order valence-electron chi connectivity index (χ2n) is 4.49. The SMILES string of the molecule is CCC[C@@H]1COC(c2cc(C(F)(F)F)ccc2P)=N1. The Morgan fingerprint density at radius 2 is 2.16 bits per heavy atom. The largest absolute Gasteiger partial charge is 0.475 e. The van der Waals surface area contributed by atoms with Crippen molar-refractivity contribution in [1.82, 2.24) is 0 Å². The smallest absolute Gasteiger partial charge is 0.416 e. The van der Waals surface area contributed by atoms with Crippen LogP contribution in [0, 0.1) is 0 Å². The summed E-state index contributed by atoms with van der Waals surface area (Å²) in [6.07, 6.45) is -2.50. The molecule has 1 unspecified atom stereocenters. The molecule has 0 amide bonds. The second-order valence-corrected chi connectivity index (χ2v) is 5.11. The van der Waals surface area contributed by atoms with Crippen molar-refractivity contribution >= 4 is 20.4 Å². The number of ether oxygens (including phenoxy) is 1. The predicted molar refractivity (Wildman–Crippen MR) is 72.0 cm³/mol. The van der Waals surface area contributed by atoms with Crippen LogP contribution in [0.5, 0.6) is 0 Å². The van der Waals surface area contributed by atoms with Crippen LogP contribution in [0.15, 0.2) is 23.2 Å². The normalized spacial score (nSPS) is 19.2. The molecule has 1 aromatic carbocycles. The van der Waals surface area contributed by atoms with Gasteiger partial charge in [0.25, 0.3) is 0 Å². The van der Waals surface area contributed by atoms with Crippen LogP contribution >= 0.6 is 9.24 Å². The van der Waals surface area contributed by atoms with Gasteiger partial charge in [-0.1, -0.05) is 19.4 Å². The van der Waals surface area contributed by atoms with Gasteiger partial charge in [-0.15, -0.1) is 9.24 Å². The molecular weight excluding hydrogens is 274 g/mol. The molecule has 6 heteroatoms. The first-order chi connectivity index (χ1) is 8.91. The quantitative estimate of drug-likeness (QED) is 0.783. The van der Waals surface area contributed by atoms with Crippen LogP contribution in [0.2, 0.25) is 0 Å². The van der Waals surface area contributed by atoms with Gasteiger partial charge in [-0.2, -0.15) is 13.2 Å². The van der Waals surface area contributed by atoms with Crippen LogP contribution < -0.4 is 5.30 Å². The molecule has 19 heavy (non-hydrogen) atoms. The molecule has 2 nitrogen and oxygen atoms in total. The number of benzene rings is 1. The van der Waals surface area contributed by atoms with Crippen molar-refractivity contribution in [2.45, 2.75) is 32.0 Å². The Morgan fingerprint density at radius 3 is 2.79 bits per heavy atom. The molecule has 2 atom stereocenters. The summed E-state index contributed by atoms with van der Waals surface area (Å²) in [6, 6.07) is 3.63. The summed E-state index contributed by atoms with van der Waals surface area (Å²) in [5, 5.41) is 0.656. The maximum absolute atomic E-state index is 12.7. The van der Waals surface area contributed by atoms with Gasteiger partial charge in [0.2, 0.25) is 5.90 Å². The second kappa shape index (κ2) is 5.49. The van der Waals surface area contributed by atoms with Crippen LogP contribution in [0.1, 0.15) is 30.9 Å². The third-order valence-electron chi connectivity index (χ3n) is 2.95. The highest BCUT2D eigenvalue weighted by Crippen LogP contribution is 2.30. The molecule has 0 saturated carbocycles. The van der Waals surface area contributed by atoms with Gasteiger partial charge in [0.05, 0.1) is 11.6 Å². The first-order valence-corrected chi connectivity index (χ1v) is 6.67. The Morgan fingerprint density at radius 1 is 1.42 bits per heavy atom. The van der Waals surface area contributed by atoms with Gasteiger partial charge in [-0.05, 0) is 23.9 Å². The standard InChI is InChI=1S/C13H15F3NOP/c1-2-3-9-7-18-12(17-9)10-6-8(13(14,15)16)4-5-11(10)19/h4-6,9H,2-3,7,19H2,1H3/t9-/m1/s1. The molecule has 1 aromatic rings. The van der Waals surface area contributed by atoms with Crippen LogP contribution in [0.25, 0.3) is 0 Å². The van der Waals surface area contributed by atoms with E-state index in [1.807, 2.05) is 6.92 Å². The Balaban J connectivity index is 2.32. The van der Waals surface area contributed by atoms with E-state index in [9.17, 15) is 13.2 Å². The first kappa shape index (κ1) is 14.3. The molecule has 1 aliphatic rings. The molecule has 0 spiro atoms. The third-order valence-corrected chi connectivity index (χ3v) is 3.45. The van der Waals surface area contributed by atoms with Gasteiger partial charge in [0, 0.05) is 5.56 Å². The van der Waals surface area contributed by atoms with Crippen molar-refractivity contribution in [3.8, 4) is 0 Å². The van der Waals surface area contributed by atoms with Crippen molar-refractivity contribution in [3.63, 3.8) is 0 Å². The monoisotopic (exact) mass is 289 g/mol. The van der Waals surface area contributed by atoms with Crippen molar-refractivity contribution in [2.24, 2.45) is 4.99 Å². The van der Waals surface area contributed by atoms with E-state index in [1.54, 1.807) is 0 Å². The summed E-state index contributed by atoms with van der Waals surface area (Å²) in [5.41, 5.74) is -0.280. The van der Waals surface area contributed by atoms with Crippen LogP contribution in [0.3, 0.4) is 0 Å². The van der Waals surface area contributed by atoms with Crippen molar-refractivity contribution in [3.05, 3.63) is 29.3 Å². The van der Waals surface area contributed by atoms with Crippen LogP contribution in [0.4, 0.5) is 13.2 Å². The molecule has 0 bridgehead atoms. The van der Waals surface area contributed by atoms with Gasteiger partial charge in [0.1, 0.15) is 6.61 Å². The highest BCUT2D eigenvalue weighted by molar-refractivity contribution is 7.27. The molecule has 1 aliphatic heterocycles. The van der Waals surface area contributed by atoms with Crippen molar-refractivity contribution in [2.75, 3.05) is 6.61 Å². The Labute approximate surface area is 112 Å². The van der Waals surface area contributed by atoms with Crippen LogP contribution in [-0.2, 0) is 10.9 Å². The minimum absolute atomic E-state index is 0.0546. The van der Waals surface area contributed by atoms with Gasteiger partial charge in [0.15, 0.2) is 0 Å². The van der Waals surface area contributed by atoms with E-state index in [0.717, 1.165) is 25.0 Å². The average Bonchev–Trinajstić information content (AvgIpc) is 2.77. The molecule has 0 radical (unpaired) electrons. The minimum atomic E-state index is -4.35. The molecule has 0 aliphatic carbocycles. The van der Waals surface area contributed by atoms with E-state index in [-0.39, 0.29) is 6.04 Å². The number of halogens is 3. The lowest BCUT2D eigenvalue weighted by molar-refractivity contribution is -0.137. The number of alkyl halides is 3. The summed E-state index contributed by atoms with van der Waals surface area (Å²) >= 11 is 0. The van der Waals surface area contributed by atoms with Crippen molar-refractivity contribution < 1.29 is 17.9 Å². The van der Waals surface area contributed by atoms with E-state index in [0.29, 0.717) is 23.4 Å². The number of hydrogen-bond donors (Lipinski definition) is 0. The van der Waals surface area contributed by atoms with Gasteiger partial charge < -0.3 is 4.74 Å². The summed E-state index contributed by atoms with van der Waals surface area (Å²) in [5.74, 6) is 0.314. The maximum atomic E-state index is 12.7. The highest BCUT2D eigenvalue weighted by Gasteiger charge is 2.32. The van der Waals surface area contributed by atoms with Crippen molar-refractivity contribution in [1.29, 1.82) is 0 Å². The molecule has 0 fully saturated rings. The van der Waals surface area contributed by atoms with Gasteiger partial charge in [-0.25, -0.2) is 4.99 Å². The van der Waals surface area contributed by atoms with E-state index in [4.69, 9.17) is 4.74 Å². The Kier molecular flexibility index (Phi) is 4.14. The number of rotatable bonds is 3. The average molecular weight is 289 g/mol. The predicted octanol–water partition coefficient (Wildman–Crippen LogP) is 3.15. The van der Waals surface area contributed by atoms with E-state index >= 15 is 0 Å². The fourth-order valence-electron chi connectivity index (χ4n) is 1.96. The fraction of sp³-hybridized carbons (Fsp3) is 0.462. The Hall–Kier alpha value is -1.09. The van der Waals surface area contributed by atoms with E-state index < -0.39 is 11.7 Å².